The summed E-state index contributed by atoms with van der Waals surface area (Å²) < 4.78 is 0.331. The number of hydrogen-bond donors (Lipinski definition) is 0. The van der Waals surface area contributed by atoms with Crippen molar-refractivity contribution in [2.45, 2.75) is 99.4 Å². The summed E-state index contributed by atoms with van der Waals surface area (Å²) in [5.41, 5.74) is 11.6. The zero-order valence-electron chi connectivity index (χ0n) is 27.0. The molecule has 0 N–H and O–H groups in total. The molecule has 4 rings (SSSR count). The Morgan fingerprint density at radius 1 is 0.714 bits per heavy atom. The van der Waals surface area contributed by atoms with Gasteiger partial charge in [0.05, 0.1) is 0 Å². The minimum absolute atomic E-state index is 0.166. The van der Waals surface area contributed by atoms with Crippen molar-refractivity contribution in [1.29, 1.82) is 0 Å². The number of unbranched alkanes of at least 4 members (excludes halogenated alkanes) is 4. The Hall–Kier alpha value is -0.920. The van der Waals surface area contributed by atoms with E-state index in [2.05, 4.69) is 102 Å². The summed E-state index contributed by atoms with van der Waals surface area (Å²) in [5, 5.41) is 0. The second kappa shape index (κ2) is 14.0. The molecule has 4 heteroatoms. The zero-order chi connectivity index (χ0) is 30.7. The summed E-state index contributed by atoms with van der Waals surface area (Å²) in [5.74, 6) is -0.756. The van der Waals surface area contributed by atoms with Crippen LogP contribution in [0.25, 0.3) is 12.2 Å². The molecular weight excluding hydrogens is 647 g/mol. The Labute approximate surface area is 266 Å². The van der Waals surface area contributed by atoms with E-state index in [9.17, 15) is 0 Å². The Kier molecular flexibility index (Phi) is 11.3. The van der Waals surface area contributed by atoms with Crippen molar-refractivity contribution in [2.24, 2.45) is 11.8 Å². The van der Waals surface area contributed by atoms with Crippen LogP contribution in [0.15, 0.2) is 72.9 Å². The van der Waals surface area contributed by atoms with Crippen LogP contribution < -0.4 is 0 Å². The average Bonchev–Trinajstić information content (AvgIpc) is 3.55. The average molecular weight is 700 g/mol. The van der Waals surface area contributed by atoms with Crippen LogP contribution >= 0.6 is 17.0 Å². The van der Waals surface area contributed by atoms with Gasteiger partial charge < -0.3 is 0 Å². The first-order valence-corrected chi connectivity index (χ1v) is 32.7. The number of fused-ring (bicyclic) bond motifs is 2. The van der Waals surface area contributed by atoms with Gasteiger partial charge in [-0.3, -0.25) is 0 Å². The van der Waals surface area contributed by atoms with E-state index in [0.29, 0.717) is 11.8 Å². The summed E-state index contributed by atoms with van der Waals surface area (Å²) in [7, 11) is 17.2. The molecule has 2 aliphatic rings. The SMILES string of the molecule is C=CCCCCc1cccc2c1C=C(C(C)C)[CH]2[Zr]([Cl])([Cl])([CH]1C(C(C)C)=Cc2c(CCCCC=C)cccc21)[SiH](C)C. The summed E-state index contributed by atoms with van der Waals surface area (Å²) in [6, 6.07) is 14.0. The molecular formula is C38H53Cl2SiZr. The normalized spacial score (nSPS) is 19.0. The van der Waals surface area contributed by atoms with Crippen LogP contribution in [0.5, 0.6) is 0 Å². The van der Waals surface area contributed by atoms with E-state index in [-0.39, 0.29) is 7.25 Å². The molecule has 2 atom stereocenters. The Balaban J connectivity index is 1.89. The molecule has 0 radical (unpaired) electrons. The molecule has 0 spiro atoms. The van der Waals surface area contributed by atoms with Crippen molar-refractivity contribution in [3.05, 3.63) is 106 Å². The first-order chi connectivity index (χ1) is 20.0. The fourth-order valence-electron chi connectivity index (χ4n) is 7.69. The van der Waals surface area contributed by atoms with Gasteiger partial charge in [0, 0.05) is 0 Å². The van der Waals surface area contributed by atoms with Crippen molar-refractivity contribution >= 4 is 35.1 Å². The van der Waals surface area contributed by atoms with E-state index in [0.717, 1.165) is 25.7 Å². The molecule has 0 amide bonds. The third-order valence-corrected chi connectivity index (χ3v) is 61.8. The molecule has 0 bridgehead atoms. The minimum atomic E-state index is -4.71. The van der Waals surface area contributed by atoms with Crippen molar-refractivity contribution in [3.63, 3.8) is 0 Å². The van der Waals surface area contributed by atoms with Crippen LogP contribution in [-0.2, 0) is 28.4 Å². The van der Waals surface area contributed by atoms with E-state index < -0.39 is 21.5 Å². The van der Waals surface area contributed by atoms with E-state index in [1.165, 1.54) is 70.2 Å². The third kappa shape index (κ3) is 6.27. The predicted molar refractivity (Wildman–Crippen MR) is 190 cm³/mol. The maximum absolute atomic E-state index is 8.60. The van der Waals surface area contributed by atoms with Crippen LogP contribution in [-0.4, -0.2) is 5.92 Å². The van der Waals surface area contributed by atoms with Crippen LogP contribution in [0.3, 0.4) is 0 Å². The topological polar surface area (TPSA) is 0 Å². The van der Waals surface area contributed by atoms with Gasteiger partial charge in [0.1, 0.15) is 0 Å². The molecule has 2 aliphatic carbocycles. The van der Waals surface area contributed by atoms with Gasteiger partial charge in [-0.05, 0) is 0 Å². The third-order valence-electron chi connectivity index (χ3n) is 10.1. The van der Waals surface area contributed by atoms with Crippen LogP contribution in [0, 0.1) is 11.8 Å². The van der Waals surface area contributed by atoms with Gasteiger partial charge in [0.25, 0.3) is 0 Å². The van der Waals surface area contributed by atoms with Gasteiger partial charge in [-0.15, -0.1) is 0 Å². The maximum atomic E-state index is 8.60. The van der Waals surface area contributed by atoms with Gasteiger partial charge in [-0.2, -0.15) is 0 Å². The molecule has 227 valence electrons. The van der Waals surface area contributed by atoms with Crippen molar-refractivity contribution in [3.8, 4) is 0 Å². The van der Waals surface area contributed by atoms with E-state index in [1.807, 2.05) is 12.2 Å². The molecule has 0 saturated carbocycles. The van der Waals surface area contributed by atoms with Gasteiger partial charge in [0.2, 0.25) is 0 Å². The first-order valence-electron chi connectivity index (χ1n) is 16.4. The molecule has 0 fully saturated rings. The standard InChI is InChI=1S/2C18H23.C2H7Si.2ClH.Zr/c2*1-4-5-6-7-9-15-10-8-11-16-12-17(14(2)3)13-18(15)16;1-3-2;;;/h2*4,8,10-14H,1,5-7,9H2,2-3H3;3H,1-2H3;2*1H;/q;;;;;+2/p-2. The van der Waals surface area contributed by atoms with E-state index in [4.69, 9.17) is 17.0 Å². The van der Waals surface area contributed by atoms with Crippen LogP contribution in [0.1, 0.15) is 107 Å². The van der Waals surface area contributed by atoms with Gasteiger partial charge >= 0.3 is 268 Å². The number of aryl methyl sites for hydroxylation is 2. The second-order valence-corrected chi connectivity index (χ2v) is 56.3. The Bertz CT molecular complexity index is 1270. The molecule has 42 heavy (non-hydrogen) atoms. The predicted octanol–water partition coefficient (Wildman–Crippen LogP) is 12.4. The fourth-order valence-corrected chi connectivity index (χ4v) is 39.2. The molecule has 2 unspecified atom stereocenters. The summed E-state index contributed by atoms with van der Waals surface area (Å²) in [6.07, 6.45) is 18.2. The molecule has 0 aliphatic heterocycles. The molecule has 2 aromatic rings. The van der Waals surface area contributed by atoms with Gasteiger partial charge in [0.15, 0.2) is 0 Å². The van der Waals surface area contributed by atoms with Crippen molar-refractivity contribution in [2.75, 3.05) is 0 Å². The van der Waals surface area contributed by atoms with Gasteiger partial charge in [-0.25, -0.2) is 0 Å². The number of benzene rings is 2. The quantitative estimate of drug-likeness (QED) is 0.0986. The molecule has 2 aromatic carbocycles. The van der Waals surface area contributed by atoms with Crippen LogP contribution in [0.2, 0.25) is 13.1 Å². The van der Waals surface area contributed by atoms with E-state index >= 15 is 0 Å². The summed E-state index contributed by atoms with van der Waals surface area (Å²) >= 11 is -4.71. The summed E-state index contributed by atoms with van der Waals surface area (Å²) in [4.78, 5) is 0. The van der Waals surface area contributed by atoms with Crippen LogP contribution in [0.4, 0.5) is 0 Å². The van der Waals surface area contributed by atoms with Crippen molar-refractivity contribution in [1.82, 2.24) is 0 Å². The molecule has 0 aromatic heterocycles. The fraction of sp³-hybridized carbons (Fsp3) is 0.474. The molecule has 0 nitrogen and oxygen atoms in total. The molecule has 0 saturated heterocycles. The number of hydrogen-bond acceptors (Lipinski definition) is 0. The zero-order valence-corrected chi connectivity index (χ0v) is 32.1. The second-order valence-electron chi connectivity index (χ2n) is 13.8. The Morgan fingerprint density at radius 2 is 1.12 bits per heavy atom. The van der Waals surface area contributed by atoms with E-state index in [1.54, 1.807) is 0 Å². The van der Waals surface area contributed by atoms with Gasteiger partial charge in [-0.1, -0.05) is 0 Å². The number of allylic oxidation sites excluding steroid dienone is 4. The summed E-state index contributed by atoms with van der Waals surface area (Å²) in [6.45, 7) is 22.2. The number of halogens is 2. The monoisotopic (exact) mass is 697 g/mol. The first kappa shape index (κ1) is 34.0. The Morgan fingerprint density at radius 3 is 1.45 bits per heavy atom. The molecule has 0 heterocycles. The van der Waals surface area contributed by atoms with Crippen molar-refractivity contribution < 1.29 is 15.6 Å². The number of rotatable bonds is 15.